The van der Waals surface area contributed by atoms with E-state index in [4.69, 9.17) is 14.7 Å². The number of hydrogen-bond acceptors (Lipinski definition) is 3. The molecule has 0 saturated carbocycles. The summed E-state index contributed by atoms with van der Waals surface area (Å²) in [5.74, 6) is 1.77. The lowest BCUT2D eigenvalue weighted by molar-refractivity contribution is 0.484. The highest BCUT2D eigenvalue weighted by atomic mass is 16.4. The van der Waals surface area contributed by atoms with Crippen LogP contribution in [0.3, 0.4) is 0 Å². The van der Waals surface area contributed by atoms with Crippen molar-refractivity contribution in [3.05, 3.63) is 66.6 Å². The molecule has 3 aromatic rings. The largest absolute Gasteiger partial charge is 0.440 e. The summed E-state index contributed by atoms with van der Waals surface area (Å²) < 4.78 is 6.14. The van der Waals surface area contributed by atoms with Gasteiger partial charge in [-0.3, -0.25) is 0 Å². The number of nitrogens with zero attached hydrogens (tertiary/aromatic N) is 2. The highest BCUT2D eigenvalue weighted by Crippen LogP contribution is 2.32. The van der Waals surface area contributed by atoms with Crippen molar-refractivity contribution < 1.29 is 4.42 Å². The van der Waals surface area contributed by atoms with Gasteiger partial charge >= 0.3 is 0 Å². The van der Waals surface area contributed by atoms with Crippen molar-refractivity contribution >= 4 is 0 Å². The first-order valence-electron chi connectivity index (χ1n) is 9.28. The molecule has 0 aliphatic heterocycles. The molecule has 3 heteroatoms. The van der Waals surface area contributed by atoms with Crippen molar-refractivity contribution in [2.75, 3.05) is 0 Å². The van der Waals surface area contributed by atoms with Crippen LogP contribution in [0.2, 0.25) is 0 Å². The van der Waals surface area contributed by atoms with Crippen LogP contribution in [0, 0.1) is 17.2 Å². The fraction of sp³-hybridized carbons (Fsp3) is 0.304. The maximum atomic E-state index is 8.84. The van der Waals surface area contributed by atoms with E-state index in [2.05, 4.69) is 30.3 Å². The molecular weight excluding hydrogens is 320 g/mol. The van der Waals surface area contributed by atoms with Gasteiger partial charge in [0.2, 0.25) is 0 Å². The molecule has 1 unspecified atom stereocenters. The summed E-state index contributed by atoms with van der Waals surface area (Å²) in [7, 11) is 0. The van der Waals surface area contributed by atoms with Crippen LogP contribution in [-0.4, -0.2) is 4.98 Å². The molecule has 3 nitrogen and oxygen atoms in total. The van der Waals surface area contributed by atoms with Crippen molar-refractivity contribution in [1.82, 2.24) is 4.98 Å². The number of aryl methyl sites for hydroxylation is 1. The molecule has 132 valence electrons. The Morgan fingerprint density at radius 2 is 1.58 bits per heavy atom. The Morgan fingerprint density at radius 3 is 2.23 bits per heavy atom. The van der Waals surface area contributed by atoms with Gasteiger partial charge in [-0.1, -0.05) is 73.5 Å². The van der Waals surface area contributed by atoms with Gasteiger partial charge in [0.25, 0.3) is 0 Å². The van der Waals surface area contributed by atoms with Gasteiger partial charge < -0.3 is 4.42 Å². The van der Waals surface area contributed by atoms with Gasteiger partial charge in [0, 0.05) is 23.5 Å². The van der Waals surface area contributed by atoms with Crippen molar-refractivity contribution in [2.45, 2.75) is 39.0 Å². The van der Waals surface area contributed by atoms with Crippen LogP contribution in [0.5, 0.6) is 0 Å². The number of benzene rings is 2. The molecule has 1 aromatic heterocycles. The maximum Gasteiger partial charge on any atom is 0.195 e. The summed E-state index contributed by atoms with van der Waals surface area (Å²) in [5.41, 5.74) is 3.03. The average Bonchev–Trinajstić information content (AvgIpc) is 3.13. The van der Waals surface area contributed by atoms with Gasteiger partial charge in [0.15, 0.2) is 11.7 Å². The molecule has 0 fully saturated rings. The Hall–Kier alpha value is -2.86. The van der Waals surface area contributed by atoms with Crippen LogP contribution in [0.25, 0.3) is 22.6 Å². The predicted octanol–water partition coefficient (Wildman–Crippen LogP) is 6.27. The SMILES string of the molecule is CC(C#N)CCCCCc1nc(-c2ccccc2)c(-c2ccccc2)o1. The topological polar surface area (TPSA) is 49.8 Å². The first-order chi connectivity index (χ1) is 12.8. The summed E-state index contributed by atoms with van der Waals surface area (Å²) in [5, 5.41) is 8.84. The smallest absolute Gasteiger partial charge is 0.195 e. The molecule has 0 radical (unpaired) electrons. The van der Waals surface area contributed by atoms with Gasteiger partial charge in [-0.15, -0.1) is 0 Å². The minimum atomic E-state index is 0.145. The molecule has 1 heterocycles. The molecule has 0 spiro atoms. The summed E-state index contributed by atoms with van der Waals surface area (Å²) in [6.07, 6.45) is 4.99. The normalized spacial score (nSPS) is 11.8. The second kappa shape index (κ2) is 9.01. The van der Waals surface area contributed by atoms with E-state index in [1.165, 1.54) is 0 Å². The molecule has 3 rings (SSSR count). The van der Waals surface area contributed by atoms with E-state index in [1.54, 1.807) is 0 Å². The second-order valence-corrected chi connectivity index (χ2v) is 6.65. The average molecular weight is 344 g/mol. The minimum Gasteiger partial charge on any atom is -0.440 e. The number of hydrogen-bond donors (Lipinski definition) is 0. The van der Waals surface area contributed by atoms with Gasteiger partial charge in [0.05, 0.1) is 6.07 Å². The van der Waals surface area contributed by atoms with E-state index in [0.717, 1.165) is 60.6 Å². The van der Waals surface area contributed by atoms with Gasteiger partial charge in [-0.25, -0.2) is 4.98 Å². The second-order valence-electron chi connectivity index (χ2n) is 6.65. The van der Waals surface area contributed by atoms with E-state index in [0.29, 0.717) is 0 Å². The third kappa shape index (κ3) is 4.61. The Balaban J connectivity index is 1.74. The molecular formula is C23H24N2O. The third-order valence-corrected chi connectivity index (χ3v) is 4.50. The molecule has 0 saturated heterocycles. The van der Waals surface area contributed by atoms with Crippen LogP contribution in [-0.2, 0) is 6.42 Å². The molecule has 26 heavy (non-hydrogen) atoms. The van der Waals surface area contributed by atoms with E-state index in [9.17, 15) is 0 Å². The first kappa shape index (κ1) is 17.9. The summed E-state index contributed by atoms with van der Waals surface area (Å²) >= 11 is 0. The van der Waals surface area contributed by atoms with Gasteiger partial charge in [0.1, 0.15) is 5.69 Å². The van der Waals surface area contributed by atoms with Crippen molar-refractivity contribution in [3.63, 3.8) is 0 Å². The monoisotopic (exact) mass is 344 g/mol. The van der Waals surface area contributed by atoms with Gasteiger partial charge in [-0.05, 0) is 19.8 Å². The number of nitriles is 1. The highest BCUT2D eigenvalue weighted by Gasteiger charge is 2.16. The van der Waals surface area contributed by atoms with E-state index < -0.39 is 0 Å². The Kier molecular flexibility index (Phi) is 6.22. The molecule has 1 atom stereocenters. The van der Waals surface area contributed by atoms with Crippen LogP contribution >= 0.6 is 0 Å². The third-order valence-electron chi connectivity index (χ3n) is 4.50. The van der Waals surface area contributed by atoms with Crippen LogP contribution < -0.4 is 0 Å². The summed E-state index contributed by atoms with van der Waals surface area (Å²) in [6, 6.07) is 22.6. The van der Waals surface area contributed by atoms with Crippen molar-refractivity contribution in [2.24, 2.45) is 5.92 Å². The zero-order valence-corrected chi connectivity index (χ0v) is 15.2. The van der Waals surface area contributed by atoms with E-state index in [1.807, 2.05) is 43.3 Å². The fourth-order valence-electron chi connectivity index (χ4n) is 3.02. The Labute approximate surface area is 155 Å². The van der Waals surface area contributed by atoms with Crippen LogP contribution in [0.15, 0.2) is 65.1 Å². The Morgan fingerprint density at radius 1 is 0.923 bits per heavy atom. The van der Waals surface area contributed by atoms with Crippen molar-refractivity contribution in [3.8, 4) is 28.7 Å². The Bertz CT molecular complexity index is 790. The highest BCUT2D eigenvalue weighted by molar-refractivity contribution is 5.76. The molecule has 0 amide bonds. The lowest BCUT2D eigenvalue weighted by atomic mass is 10.0. The van der Waals surface area contributed by atoms with E-state index >= 15 is 0 Å². The molecule has 0 bridgehead atoms. The molecule has 0 aliphatic carbocycles. The molecule has 2 aromatic carbocycles. The zero-order chi connectivity index (χ0) is 18.2. The fourth-order valence-corrected chi connectivity index (χ4v) is 3.02. The lowest BCUT2D eigenvalue weighted by Gasteiger charge is -2.01. The maximum absolute atomic E-state index is 8.84. The first-order valence-corrected chi connectivity index (χ1v) is 9.28. The quantitative estimate of drug-likeness (QED) is 0.452. The molecule has 0 N–H and O–H groups in total. The number of unbranched alkanes of at least 4 members (excludes halogenated alkanes) is 2. The number of oxazole rings is 1. The minimum absolute atomic E-state index is 0.145. The summed E-state index contributed by atoms with van der Waals surface area (Å²) in [6.45, 7) is 1.98. The van der Waals surface area contributed by atoms with Crippen molar-refractivity contribution in [1.29, 1.82) is 5.26 Å². The molecule has 0 aliphatic rings. The lowest BCUT2D eigenvalue weighted by Crippen LogP contribution is -1.91. The standard InChI is InChI=1S/C23H24N2O/c1-18(17-24)11-5-2-10-16-21-25-22(19-12-6-3-7-13-19)23(26-21)20-14-8-4-9-15-20/h3-4,6-9,12-15,18H,2,5,10-11,16H2,1H3. The summed E-state index contributed by atoms with van der Waals surface area (Å²) in [4.78, 5) is 4.79. The van der Waals surface area contributed by atoms with Gasteiger partial charge in [-0.2, -0.15) is 5.26 Å². The predicted molar refractivity (Wildman–Crippen MR) is 104 cm³/mol. The van der Waals surface area contributed by atoms with Crippen LogP contribution in [0.4, 0.5) is 0 Å². The number of rotatable bonds is 8. The zero-order valence-electron chi connectivity index (χ0n) is 15.2. The van der Waals surface area contributed by atoms with E-state index in [-0.39, 0.29) is 5.92 Å². The number of aromatic nitrogens is 1. The van der Waals surface area contributed by atoms with Crippen LogP contribution in [0.1, 0.15) is 38.5 Å².